The fourth-order valence-electron chi connectivity index (χ4n) is 6.00. The molecule has 4 heterocycles. The molecule has 9 aromatic rings. The molecule has 237 valence electrons. The predicted molar refractivity (Wildman–Crippen MR) is 195 cm³/mol. The standard InChI is InChI=1S/C32H19N2O.C12H10N.Ir/c1-2-7-21(8-3-1)23-16-18-34-30(19-23)28-14-6-13-27-26-12-5-11-25(31(26)35-32(27)28)24-10-4-9-22-15-17-33-20-29(22)24;1-10-7-8-12(13-9-10)11-5-3-2-4-6-11;/h1-13,15-20H;2-5,7-9H,1H3;/q2*-1;/i;1D3;. The van der Waals surface area contributed by atoms with E-state index in [1.807, 2.05) is 73.2 Å². The first-order valence-electron chi connectivity index (χ1n) is 17.1. The topological polar surface area (TPSA) is 51.8 Å². The van der Waals surface area contributed by atoms with Crippen LogP contribution < -0.4 is 0 Å². The van der Waals surface area contributed by atoms with Gasteiger partial charge in [0, 0.05) is 65.3 Å². The number of pyridine rings is 3. The number of aryl methyl sites for hydroxylation is 1. The zero-order valence-corrected chi connectivity index (χ0v) is 28.5. The van der Waals surface area contributed by atoms with Gasteiger partial charge in [0.05, 0.1) is 5.58 Å². The average Bonchev–Trinajstić information content (AvgIpc) is 3.58. The number of hydrogen-bond donors (Lipinski definition) is 0. The fourth-order valence-corrected chi connectivity index (χ4v) is 6.00. The van der Waals surface area contributed by atoms with Crippen LogP contribution in [-0.4, -0.2) is 15.0 Å². The Labute approximate surface area is 302 Å². The van der Waals surface area contributed by atoms with Crippen molar-refractivity contribution in [2.75, 3.05) is 0 Å². The third-order valence-electron chi connectivity index (χ3n) is 8.30. The summed E-state index contributed by atoms with van der Waals surface area (Å²) in [5.74, 6) is 0. The molecule has 4 nitrogen and oxygen atoms in total. The Hall–Kier alpha value is -5.74. The number of benzene rings is 5. The van der Waals surface area contributed by atoms with Crippen molar-refractivity contribution >= 4 is 32.7 Å². The van der Waals surface area contributed by atoms with Crippen LogP contribution >= 0.6 is 0 Å². The summed E-state index contributed by atoms with van der Waals surface area (Å²) >= 11 is 0. The maximum absolute atomic E-state index is 7.23. The van der Waals surface area contributed by atoms with Gasteiger partial charge in [0.25, 0.3) is 0 Å². The van der Waals surface area contributed by atoms with Gasteiger partial charge in [-0.05, 0) is 58.0 Å². The Kier molecular flexibility index (Phi) is 8.18. The molecule has 0 aliphatic carbocycles. The van der Waals surface area contributed by atoms with Crippen molar-refractivity contribution < 1.29 is 28.6 Å². The molecule has 0 fully saturated rings. The molecule has 0 unspecified atom stereocenters. The summed E-state index contributed by atoms with van der Waals surface area (Å²) in [5.41, 5.74) is 9.63. The van der Waals surface area contributed by atoms with E-state index in [2.05, 4.69) is 87.7 Å². The van der Waals surface area contributed by atoms with E-state index < -0.39 is 6.85 Å². The summed E-state index contributed by atoms with van der Waals surface area (Å²) in [4.78, 5) is 13.2. The summed E-state index contributed by atoms with van der Waals surface area (Å²) in [6, 6.07) is 50.3. The molecule has 0 saturated heterocycles. The largest absolute Gasteiger partial charge is 0.500 e. The van der Waals surface area contributed by atoms with Gasteiger partial charge in [-0.2, -0.15) is 0 Å². The van der Waals surface area contributed by atoms with E-state index in [4.69, 9.17) is 8.53 Å². The van der Waals surface area contributed by atoms with Gasteiger partial charge in [-0.15, -0.1) is 54.1 Å². The summed E-state index contributed by atoms with van der Waals surface area (Å²) in [5, 5.41) is 4.39. The van der Waals surface area contributed by atoms with Crippen molar-refractivity contribution in [2.45, 2.75) is 6.85 Å². The van der Waals surface area contributed by atoms with Gasteiger partial charge < -0.3 is 14.4 Å². The molecule has 0 amide bonds. The molecule has 9 rings (SSSR count). The second-order valence-corrected chi connectivity index (χ2v) is 11.3. The van der Waals surface area contributed by atoms with Gasteiger partial charge in [0.1, 0.15) is 5.58 Å². The second-order valence-electron chi connectivity index (χ2n) is 11.3. The number of hydrogen-bond acceptors (Lipinski definition) is 4. The number of furan rings is 1. The van der Waals surface area contributed by atoms with Crippen molar-refractivity contribution in [2.24, 2.45) is 0 Å². The van der Waals surface area contributed by atoms with Gasteiger partial charge in [-0.25, -0.2) is 0 Å². The molecular weight excluding hydrogens is 779 g/mol. The molecule has 0 bridgehead atoms. The van der Waals surface area contributed by atoms with E-state index in [0.29, 0.717) is 0 Å². The number of para-hydroxylation sites is 1. The summed E-state index contributed by atoms with van der Waals surface area (Å²) in [6.07, 6.45) is 6.99. The molecule has 0 saturated carbocycles. The van der Waals surface area contributed by atoms with E-state index in [0.717, 1.165) is 77.5 Å². The Morgan fingerprint density at radius 2 is 1.45 bits per heavy atom. The molecular formula is C44H29IrN3O-2. The number of rotatable bonds is 4. The molecule has 1 radical (unpaired) electrons. The van der Waals surface area contributed by atoms with Crippen LogP contribution in [0.2, 0.25) is 0 Å². The van der Waals surface area contributed by atoms with Crippen molar-refractivity contribution in [1.82, 2.24) is 15.0 Å². The molecule has 5 aromatic carbocycles. The third kappa shape index (κ3) is 6.42. The average molecular weight is 811 g/mol. The molecule has 0 aliphatic heterocycles. The van der Waals surface area contributed by atoms with E-state index in [-0.39, 0.29) is 25.7 Å². The predicted octanol–water partition coefficient (Wildman–Crippen LogP) is 11.2. The fraction of sp³-hybridized carbons (Fsp3) is 0.0227. The van der Waals surface area contributed by atoms with Gasteiger partial charge >= 0.3 is 0 Å². The van der Waals surface area contributed by atoms with Crippen molar-refractivity contribution in [3.8, 4) is 44.8 Å². The minimum absolute atomic E-state index is 0. The maximum atomic E-state index is 7.23. The normalized spacial score (nSPS) is 12.0. The zero-order valence-electron chi connectivity index (χ0n) is 29.1. The minimum atomic E-state index is -2.09. The molecule has 0 aliphatic rings. The van der Waals surface area contributed by atoms with Crippen LogP contribution in [0.15, 0.2) is 163 Å². The number of fused-ring (bicyclic) bond motifs is 4. The summed E-state index contributed by atoms with van der Waals surface area (Å²) in [7, 11) is 0. The molecule has 0 spiro atoms. The van der Waals surface area contributed by atoms with Gasteiger partial charge in [0.2, 0.25) is 0 Å². The van der Waals surface area contributed by atoms with Crippen molar-refractivity contribution in [3.63, 3.8) is 0 Å². The van der Waals surface area contributed by atoms with Crippen LogP contribution in [0, 0.1) is 19.0 Å². The van der Waals surface area contributed by atoms with E-state index in [9.17, 15) is 0 Å². The van der Waals surface area contributed by atoms with Crippen LogP contribution in [0.3, 0.4) is 0 Å². The van der Waals surface area contributed by atoms with Gasteiger partial charge in [0.15, 0.2) is 0 Å². The van der Waals surface area contributed by atoms with E-state index in [1.54, 1.807) is 18.2 Å². The molecule has 0 atom stereocenters. The smallest absolute Gasteiger partial charge is 0.128 e. The summed E-state index contributed by atoms with van der Waals surface area (Å²) < 4.78 is 28.3. The van der Waals surface area contributed by atoms with Crippen LogP contribution in [0.5, 0.6) is 0 Å². The van der Waals surface area contributed by atoms with Gasteiger partial charge in [-0.3, -0.25) is 4.98 Å². The first-order chi connectivity index (χ1) is 24.9. The molecule has 0 N–H and O–H groups in total. The molecule has 49 heavy (non-hydrogen) atoms. The quantitative estimate of drug-likeness (QED) is 0.166. The summed E-state index contributed by atoms with van der Waals surface area (Å²) in [6.45, 7) is -2.09. The van der Waals surface area contributed by atoms with Crippen LogP contribution in [0.4, 0.5) is 0 Å². The van der Waals surface area contributed by atoms with E-state index in [1.165, 1.54) is 6.20 Å². The maximum Gasteiger partial charge on any atom is 0.128 e. The first kappa shape index (κ1) is 28.3. The van der Waals surface area contributed by atoms with Crippen molar-refractivity contribution in [1.29, 1.82) is 0 Å². The number of aromatic nitrogens is 3. The molecule has 4 aromatic heterocycles. The van der Waals surface area contributed by atoms with Crippen LogP contribution in [-0.2, 0) is 20.1 Å². The minimum Gasteiger partial charge on any atom is -0.500 e. The SMILES string of the molecule is [2H]C([2H])([2H])c1ccc(-c2[c-]cccc2)nc1.[Ir].[c-]1ccc2c(oc3c(-c4cccc5ccncc45)cccc32)c1-c1cc(-c2ccccc2)ccn1. The Balaban J connectivity index is 0.000000209. The Morgan fingerprint density at radius 3 is 2.29 bits per heavy atom. The van der Waals surface area contributed by atoms with Crippen molar-refractivity contribution in [3.05, 3.63) is 176 Å². The Morgan fingerprint density at radius 1 is 0.592 bits per heavy atom. The van der Waals surface area contributed by atoms with Crippen LogP contribution in [0.25, 0.3) is 77.5 Å². The third-order valence-corrected chi connectivity index (χ3v) is 8.30. The van der Waals surface area contributed by atoms with E-state index >= 15 is 0 Å². The Bertz CT molecular complexity index is 2620. The van der Waals surface area contributed by atoms with Gasteiger partial charge in [-0.1, -0.05) is 95.9 Å². The monoisotopic (exact) mass is 811 g/mol. The molecule has 5 heteroatoms. The zero-order chi connectivity index (χ0) is 34.8. The first-order valence-corrected chi connectivity index (χ1v) is 15.6. The second kappa shape index (κ2) is 14.2. The van der Waals surface area contributed by atoms with Crippen LogP contribution in [0.1, 0.15) is 9.68 Å². The number of nitrogens with zero attached hydrogens (tertiary/aromatic N) is 3.